The van der Waals surface area contributed by atoms with Gasteiger partial charge in [-0.3, -0.25) is 9.59 Å². The van der Waals surface area contributed by atoms with E-state index in [0.29, 0.717) is 26.0 Å². The highest BCUT2D eigenvalue weighted by Gasteiger charge is 2.25. The zero-order valence-electron chi connectivity index (χ0n) is 11.5. The van der Waals surface area contributed by atoms with Gasteiger partial charge < -0.3 is 15.2 Å². The van der Waals surface area contributed by atoms with Gasteiger partial charge in [0.15, 0.2) is 0 Å². The summed E-state index contributed by atoms with van der Waals surface area (Å²) in [4.78, 5) is 22.7. The van der Waals surface area contributed by atoms with Crippen LogP contribution in [-0.2, 0) is 16.0 Å². The number of hydrogen-bond donors (Lipinski definition) is 2. The monoisotopic (exact) mass is 277 g/mol. The van der Waals surface area contributed by atoms with Gasteiger partial charge in [-0.05, 0) is 24.5 Å². The first-order valence-electron chi connectivity index (χ1n) is 6.79. The second kappa shape index (κ2) is 6.41. The van der Waals surface area contributed by atoms with Crippen LogP contribution in [-0.4, -0.2) is 30.1 Å². The highest BCUT2D eigenvalue weighted by Crippen LogP contribution is 2.26. The van der Waals surface area contributed by atoms with Crippen molar-refractivity contribution in [1.29, 1.82) is 0 Å². The largest absolute Gasteiger partial charge is 0.492 e. The Morgan fingerprint density at radius 2 is 2.20 bits per heavy atom. The summed E-state index contributed by atoms with van der Waals surface area (Å²) >= 11 is 0. The van der Waals surface area contributed by atoms with Crippen molar-refractivity contribution in [3.63, 3.8) is 0 Å². The van der Waals surface area contributed by atoms with E-state index in [4.69, 9.17) is 9.84 Å². The molecule has 0 bridgehead atoms. The van der Waals surface area contributed by atoms with Crippen molar-refractivity contribution in [3.05, 3.63) is 29.8 Å². The number of carbonyl (C=O) groups is 2. The summed E-state index contributed by atoms with van der Waals surface area (Å²) in [6.07, 6.45) is 1.10. The van der Waals surface area contributed by atoms with Crippen molar-refractivity contribution in [2.75, 3.05) is 13.2 Å². The van der Waals surface area contributed by atoms with E-state index < -0.39 is 11.9 Å². The van der Waals surface area contributed by atoms with E-state index in [1.165, 1.54) is 0 Å². The van der Waals surface area contributed by atoms with Crippen LogP contribution < -0.4 is 10.1 Å². The molecular weight excluding hydrogens is 258 g/mol. The smallest absolute Gasteiger partial charge is 0.306 e. The third kappa shape index (κ3) is 3.50. The molecule has 1 aliphatic heterocycles. The summed E-state index contributed by atoms with van der Waals surface area (Å²) in [6.45, 7) is 2.39. The van der Waals surface area contributed by atoms with Gasteiger partial charge in [-0.1, -0.05) is 25.1 Å². The zero-order valence-corrected chi connectivity index (χ0v) is 11.5. The average molecular weight is 277 g/mol. The number of fused-ring (bicyclic) bond motifs is 1. The Kier molecular flexibility index (Phi) is 4.61. The highest BCUT2D eigenvalue weighted by molar-refractivity contribution is 5.79. The minimum Gasteiger partial charge on any atom is -0.492 e. The van der Waals surface area contributed by atoms with E-state index in [1.807, 2.05) is 24.3 Å². The topological polar surface area (TPSA) is 75.6 Å². The third-order valence-electron chi connectivity index (χ3n) is 3.55. The number of ether oxygens (including phenoxy) is 1. The standard InChI is InChI=1S/C15H19NO4/c1-10(15(18)19)6-7-16-14(17)12-8-11-4-2-3-5-13(11)20-9-12/h2-5,10,12H,6-9H2,1H3,(H,16,17)(H,18,19). The molecular formula is C15H19NO4. The average Bonchev–Trinajstić information content (AvgIpc) is 2.46. The number of rotatable bonds is 5. The van der Waals surface area contributed by atoms with Gasteiger partial charge in [0.05, 0.1) is 11.8 Å². The van der Waals surface area contributed by atoms with E-state index in [0.717, 1.165) is 11.3 Å². The maximum atomic E-state index is 12.0. The molecule has 2 atom stereocenters. The molecule has 108 valence electrons. The van der Waals surface area contributed by atoms with E-state index in [1.54, 1.807) is 6.92 Å². The second-order valence-corrected chi connectivity index (χ2v) is 5.14. The van der Waals surface area contributed by atoms with E-state index in [-0.39, 0.29) is 11.8 Å². The van der Waals surface area contributed by atoms with E-state index >= 15 is 0 Å². The predicted molar refractivity (Wildman–Crippen MR) is 73.6 cm³/mol. The van der Waals surface area contributed by atoms with Crippen LogP contribution in [0.2, 0.25) is 0 Å². The molecule has 0 aromatic heterocycles. The Balaban J connectivity index is 1.81. The molecule has 2 unspecified atom stereocenters. The molecule has 0 aliphatic carbocycles. The van der Waals surface area contributed by atoms with Crippen molar-refractivity contribution in [2.45, 2.75) is 19.8 Å². The maximum absolute atomic E-state index is 12.0. The molecule has 1 heterocycles. The van der Waals surface area contributed by atoms with Gasteiger partial charge in [-0.15, -0.1) is 0 Å². The number of carbonyl (C=O) groups excluding carboxylic acids is 1. The van der Waals surface area contributed by atoms with Gasteiger partial charge in [0.1, 0.15) is 12.4 Å². The minimum atomic E-state index is -0.839. The first kappa shape index (κ1) is 14.4. The zero-order chi connectivity index (χ0) is 14.5. The van der Waals surface area contributed by atoms with Gasteiger partial charge in [0.2, 0.25) is 5.91 Å². The first-order valence-corrected chi connectivity index (χ1v) is 6.79. The lowest BCUT2D eigenvalue weighted by atomic mass is 9.96. The van der Waals surface area contributed by atoms with Gasteiger partial charge in [-0.25, -0.2) is 0 Å². The summed E-state index contributed by atoms with van der Waals surface area (Å²) in [5.41, 5.74) is 1.04. The molecule has 2 N–H and O–H groups in total. The van der Waals surface area contributed by atoms with Gasteiger partial charge in [0, 0.05) is 6.54 Å². The number of para-hydroxylation sites is 1. The molecule has 0 saturated carbocycles. The highest BCUT2D eigenvalue weighted by atomic mass is 16.5. The van der Waals surface area contributed by atoms with Crippen LogP contribution in [0.5, 0.6) is 5.75 Å². The second-order valence-electron chi connectivity index (χ2n) is 5.14. The normalized spacial score (nSPS) is 18.6. The number of amides is 1. The molecule has 0 spiro atoms. The van der Waals surface area contributed by atoms with Crippen LogP contribution in [0.25, 0.3) is 0 Å². The Hall–Kier alpha value is -2.04. The number of carboxylic acid groups (broad SMARTS) is 1. The summed E-state index contributed by atoms with van der Waals surface area (Å²) in [7, 11) is 0. The summed E-state index contributed by atoms with van der Waals surface area (Å²) in [5.74, 6) is -0.717. The van der Waals surface area contributed by atoms with Crippen molar-refractivity contribution >= 4 is 11.9 Å². The lowest BCUT2D eigenvalue weighted by Gasteiger charge is -2.24. The molecule has 5 nitrogen and oxygen atoms in total. The Labute approximate surface area is 117 Å². The third-order valence-corrected chi connectivity index (χ3v) is 3.55. The maximum Gasteiger partial charge on any atom is 0.306 e. The van der Waals surface area contributed by atoms with Gasteiger partial charge >= 0.3 is 5.97 Å². The molecule has 5 heteroatoms. The molecule has 1 aromatic rings. The fourth-order valence-electron chi connectivity index (χ4n) is 2.18. The molecule has 2 rings (SSSR count). The number of benzene rings is 1. The van der Waals surface area contributed by atoms with Crippen LogP contribution in [0.1, 0.15) is 18.9 Å². The van der Waals surface area contributed by atoms with Crippen molar-refractivity contribution < 1.29 is 19.4 Å². The molecule has 1 aromatic carbocycles. The fourth-order valence-corrected chi connectivity index (χ4v) is 2.18. The molecule has 1 aliphatic rings. The number of carboxylic acids is 1. The fraction of sp³-hybridized carbons (Fsp3) is 0.467. The molecule has 1 amide bonds. The lowest BCUT2D eigenvalue weighted by Crippen LogP contribution is -2.38. The number of hydrogen-bond acceptors (Lipinski definition) is 3. The van der Waals surface area contributed by atoms with Crippen molar-refractivity contribution in [1.82, 2.24) is 5.32 Å². The minimum absolute atomic E-state index is 0.0721. The van der Waals surface area contributed by atoms with Crippen LogP contribution >= 0.6 is 0 Å². The predicted octanol–water partition coefficient (Wildman–Crippen LogP) is 1.46. The van der Waals surface area contributed by atoms with E-state index in [9.17, 15) is 9.59 Å². The van der Waals surface area contributed by atoms with Crippen molar-refractivity contribution in [3.8, 4) is 5.75 Å². The Morgan fingerprint density at radius 3 is 2.95 bits per heavy atom. The van der Waals surface area contributed by atoms with E-state index in [2.05, 4.69) is 5.32 Å². The quantitative estimate of drug-likeness (QED) is 0.854. The lowest BCUT2D eigenvalue weighted by molar-refractivity contribution is -0.141. The number of aliphatic carboxylic acids is 1. The summed E-state index contributed by atoms with van der Waals surface area (Å²) in [5, 5.41) is 11.6. The Bertz CT molecular complexity index is 500. The van der Waals surface area contributed by atoms with Crippen LogP contribution in [0, 0.1) is 11.8 Å². The molecule has 0 saturated heterocycles. The SMILES string of the molecule is CC(CCNC(=O)C1COc2ccccc2C1)C(=O)O. The molecule has 0 radical (unpaired) electrons. The Morgan fingerprint density at radius 1 is 1.45 bits per heavy atom. The van der Waals surface area contributed by atoms with Crippen LogP contribution in [0.4, 0.5) is 0 Å². The first-order chi connectivity index (χ1) is 9.58. The van der Waals surface area contributed by atoms with Gasteiger partial charge in [-0.2, -0.15) is 0 Å². The van der Waals surface area contributed by atoms with Crippen molar-refractivity contribution in [2.24, 2.45) is 11.8 Å². The number of nitrogens with one attached hydrogen (secondary N) is 1. The van der Waals surface area contributed by atoms with Crippen LogP contribution in [0.15, 0.2) is 24.3 Å². The summed E-state index contributed by atoms with van der Waals surface area (Å²) < 4.78 is 5.57. The van der Waals surface area contributed by atoms with Crippen LogP contribution in [0.3, 0.4) is 0 Å². The molecule has 20 heavy (non-hydrogen) atoms. The molecule has 0 fully saturated rings. The summed E-state index contributed by atoms with van der Waals surface area (Å²) in [6, 6.07) is 7.70. The van der Waals surface area contributed by atoms with Gasteiger partial charge in [0.25, 0.3) is 0 Å².